The first-order chi connectivity index (χ1) is 10.6. The van der Waals surface area contributed by atoms with Gasteiger partial charge in [-0.15, -0.1) is 0 Å². The first-order valence-corrected chi connectivity index (χ1v) is 6.57. The van der Waals surface area contributed by atoms with Crippen LogP contribution < -0.4 is 10.6 Å². The van der Waals surface area contributed by atoms with E-state index < -0.39 is 18.0 Å². The molecule has 0 spiro atoms. The van der Waals surface area contributed by atoms with Crippen LogP contribution >= 0.6 is 0 Å². The minimum Gasteiger partial charge on any atom is -0.387 e. The lowest BCUT2D eigenvalue weighted by molar-refractivity contribution is 0.174. The van der Waals surface area contributed by atoms with Crippen molar-refractivity contribution in [1.29, 1.82) is 5.26 Å². The number of benzene rings is 2. The van der Waals surface area contributed by atoms with Crippen molar-refractivity contribution in [3.05, 3.63) is 65.5 Å². The number of aliphatic hydroxyl groups is 1. The standard InChI is InChI=1S/C16H14FN3O2/c17-13-5-2-4-12(8-13)15(21)10-19-16(22)20-14-6-1-3-11(7-14)9-18/h1-8,15,21H,10H2,(H2,19,20,22). The highest BCUT2D eigenvalue weighted by Gasteiger charge is 2.10. The first-order valence-electron chi connectivity index (χ1n) is 6.57. The van der Waals surface area contributed by atoms with E-state index in [1.54, 1.807) is 24.3 Å². The van der Waals surface area contributed by atoms with E-state index in [-0.39, 0.29) is 6.54 Å². The summed E-state index contributed by atoms with van der Waals surface area (Å²) >= 11 is 0. The van der Waals surface area contributed by atoms with E-state index in [0.29, 0.717) is 16.8 Å². The Morgan fingerprint density at radius 2 is 2.05 bits per heavy atom. The number of rotatable bonds is 4. The Morgan fingerprint density at radius 1 is 1.27 bits per heavy atom. The molecule has 1 unspecified atom stereocenters. The predicted molar refractivity (Wildman–Crippen MR) is 79.5 cm³/mol. The summed E-state index contributed by atoms with van der Waals surface area (Å²) in [7, 11) is 0. The number of amides is 2. The molecule has 0 heterocycles. The largest absolute Gasteiger partial charge is 0.387 e. The summed E-state index contributed by atoms with van der Waals surface area (Å²) in [5.41, 5.74) is 1.28. The van der Waals surface area contributed by atoms with Crippen molar-refractivity contribution in [3.8, 4) is 6.07 Å². The Morgan fingerprint density at radius 3 is 2.77 bits per heavy atom. The zero-order valence-corrected chi connectivity index (χ0v) is 11.6. The molecule has 6 heteroatoms. The van der Waals surface area contributed by atoms with Crippen LogP contribution in [-0.4, -0.2) is 17.7 Å². The van der Waals surface area contributed by atoms with Crippen LogP contribution in [0.2, 0.25) is 0 Å². The molecule has 0 radical (unpaired) electrons. The number of carbonyl (C=O) groups is 1. The van der Waals surface area contributed by atoms with Gasteiger partial charge in [0.15, 0.2) is 0 Å². The summed E-state index contributed by atoms with van der Waals surface area (Å²) in [4.78, 5) is 11.7. The highest BCUT2D eigenvalue weighted by molar-refractivity contribution is 5.89. The molecular formula is C16H14FN3O2. The van der Waals surface area contributed by atoms with E-state index in [1.807, 2.05) is 6.07 Å². The molecule has 2 aromatic carbocycles. The Kier molecular flexibility index (Phi) is 5.07. The first kappa shape index (κ1) is 15.5. The van der Waals surface area contributed by atoms with Crippen molar-refractivity contribution in [3.63, 3.8) is 0 Å². The number of carbonyl (C=O) groups excluding carboxylic acids is 1. The summed E-state index contributed by atoms with van der Waals surface area (Å²) in [5, 5.41) is 23.7. The SMILES string of the molecule is N#Cc1cccc(NC(=O)NCC(O)c2cccc(F)c2)c1. The molecule has 2 aromatic rings. The quantitative estimate of drug-likeness (QED) is 0.811. The van der Waals surface area contributed by atoms with Gasteiger partial charge in [-0.05, 0) is 35.9 Å². The predicted octanol–water partition coefficient (Wildman–Crippen LogP) is 2.55. The van der Waals surface area contributed by atoms with Gasteiger partial charge in [0.1, 0.15) is 5.82 Å². The molecule has 22 heavy (non-hydrogen) atoms. The number of nitrogens with zero attached hydrogens (tertiary/aromatic N) is 1. The summed E-state index contributed by atoms with van der Waals surface area (Å²) < 4.78 is 13.0. The van der Waals surface area contributed by atoms with Crippen molar-refractivity contribution in [2.45, 2.75) is 6.10 Å². The topological polar surface area (TPSA) is 85.2 Å². The maximum atomic E-state index is 13.0. The van der Waals surface area contributed by atoms with E-state index in [9.17, 15) is 14.3 Å². The lowest BCUT2D eigenvalue weighted by Gasteiger charge is -2.13. The molecule has 0 bridgehead atoms. The van der Waals surface area contributed by atoms with Gasteiger partial charge in [-0.3, -0.25) is 0 Å². The molecule has 0 aromatic heterocycles. The second-order valence-electron chi connectivity index (χ2n) is 4.60. The zero-order valence-electron chi connectivity index (χ0n) is 11.6. The molecule has 112 valence electrons. The van der Waals surface area contributed by atoms with Gasteiger partial charge < -0.3 is 15.7 Å². The van der Waals surface area contributed by atoms with Crippen LogP contribution in [0.3, 0.4) is 0 Å². The molecule has 5 nitrogen and oxygen atoms in total. The van der Waals surface area contributed by atoms with E-state index in [4.69, 9.17) is 5.26 Å². The molecule has 0 fully saturated rings. The van der Waals surface area contributed by atoms with Gasteiger partial charge in [0.2, 0.25) is 0 Å². The van der Waals surface area contributed by atoms with E-state index in [1.165, 1.54) is 24.3 Å². The fraction of sp³-hybridized carbons (Fsp3) is 0.125. The molecule has 0 aliphatic heterocycles. The number of aliphatic hydroxyl groups excluding tert-OH is 1. The molecule has 0 saturated heterocycles. The lowest BCUT2D eigenvalue weighted by Crippen LogP contribution is -2.32. The van der Waals surface area contributed by atoms with Crippen LogP contribution in [0.1, 0.15) is 17.2 Å². The third-order valence-electron chi connectivity index (χ3n) is 2.94. The number of nitrogens with one attached hydrogen (secondary N) is 2. The number of anilines is 1. The van der Waals surface area contributed by atoms with Gasteiger partial charge in [-0.25, -0.2) is 9.18 Å². The Labute approximate surface area is 127 Å². The molecule has 0 aliphatic rings. The van der Waals surface area contributed by atoms with Gasteiger partial charge in [0.05, 0.1) is 17.7 Å². The summed E-state index contributed by atoms with van der Waals surface area (Å²) in [6.07, 6.45) is -1.01. The smallest absolute Gasteiger partial charge is 0.319 e. The molecule has 0 saturated carbocycles. The normalized spacial score (nSPS) is 11.3. The Balaban J connectivity index is 1.88. The molecule has 2 rings (SSSR count). The molecule has 3 N–H and O–H groups in total. The average molecular weight is 299 g/mol. The number of halogens is 1. The average Bonchev–Trinajstić information content (AvgIpc) is 2.52. The van der Waals surface area contributed by atoms with Crippen LogP contribution in [0.25, 0.3) is 0 Å². The minimum atomic E-state index is -1.01. The summed E-state index contributed by atoms with van der Waals surface area (Å²) in [6, 6.07) is 13.4. The number of hydrogen-bond donors (Lipinski definition) is 3. The summed E-state index contributed by atoms with van der Waals surface area (Å²) in [6.45, 7) is -0.0623. The highest BCUT2D eigenvalue weighted by Crippen LogP contribution is 2.13. The summed E-state index contributed by atoms with van der Waals surface area (Å²) in [5.74, 6) is -0.450. The van der Waals surface area contributed by atoms with Crippen molar-refractivity contribution < 1.29 is 14.3 Å². The second-order valence-corrected chi connectivity index (χ2v) is 4.60. The van der Waals surface area contributed by atoms with Gasteiger partial charge in [-0.1, -0.05) is 18.2 Å². The third-order valence-corrected chi connectivity index (χ3v) is 2.94. The van der Waals surface area contributed by atoms with Crippen LogP contribution in [0, 0.1) is 17.1 Å². The number of hydrogen-bond acceptors (Lipinski definition) is 3. The van der Waals surface area contributed by atoms with Crippen molar-refractivity contribution in [2.75, 3.05) is 11.9 Å². The van der Waals surface area contributed by atoms with Crippen LogP contribution in [0.5, 0.6) is 0 Å². The van der Waals surface area contributed by atoms with Gasteiger partial charge in [0.25, 0.3) is 0 Å². The second kappa shape index (κ2) is 7.20. The van der Waals surface area contributed by atoms with Crippen LogP contribution in [0.4, 0.5) is 14.9 Å². The van der Waals surface area contributed by atoms with Crippen LogP contribution in [-0.2, 0) is 0 Å². The van der Waals surface area contributed by atoms with E-state index >= 15 is 0 Å². The van der Waals surface area contributed by atoms with E-state index in [2.05, 4.69) is 10.6 Å². The minimum absolute atomic E-state index is 0.0623. The maximum absolute atomic E-state index is 13.0. The van der Waals surface area contributed by atoms with Crippen molar-refractivity contribution in [2.24, 2.45) is 0 Å². The lowest BCUT2D eigenvalue weighted by atomic mass is 10.1. The van der Waals surface area contributed by atoms with Gasteiger partial charge in [-0.2, -0.15) is 5.26 Å². The fourth-order valence-electron chi connectivity index (χ4n) is 1.86. The van der Waals surface area contributed by atoms with Gasteiger partial charge in [0, 0.05) is 12.2 Å². The van der Waals surface area contributed by atoms with Crippen LogP contribution in [0.15, 0.2) is 48.5 Å². The highest BCUT2D eigenvalue weighted by atomic mass is 19.1. The third kappa shape index (κ3) is 4.30. The van der Waals surface area contributed by atoms with Gasteiger partial charge >= 0.3 is 6.03 Å². The Bertz CT molecular complexity index is 713. The molecular weight excluding hydrogens is 285 g/mol. The van der Waals surface area contributed by atoms with Crippen molar-refractivity contribution in [1.82, 2.24) is 5.32 Å². The van der Waals surface area contributed by atoms with Crippen molar-refractivity contribution >= 4 is 11.7 Å². The number of nitriles is 1. The Hall–Kier alpha value is -2.91. The molecule has 1 atom stereocenters. The maximum Gasteiger partial charge on any atom is 0.319 e. The molecule has 0 aliphatic carbocycles. The molecule has 2 amide bonds. The zero-order chi connectivity index (χ0) is 15.9. The number of urea groups is 1. The fourth-order valence-corrected chi connectivity index (χ4v) is 1.86. The monoisotopic (exact) mass is 299 g/mol. The van der Waals surface area contributed by atoms with E-state index in [0.717, 1.165) is 0 Å².